The molecule has 1 atom stereocenters. The fraction of sp³-hybridized carbons (Fsp3) is 0.200. The fourth-order valence-corrected chi connectivity index (χ4v) is 2.29. The molecule has 2 aliphatic heterocycles. The van der Waals surface area contributed by atoms with Crippen LogP contribution in [0.5, 0.6) is 11.5 Å². The molecule has 0 spiro atoms. The van der Waals surface area contributed by atoms with Gasteiger partial charge < -0.3 is 20.1 Å². The molecular formula is C15H16N2O2. The second kappa shape index (κ2) is 4.72. The van der Waals surface area contributed by atoms with E-state index in [9.17, 15) is 0 Å². The predicted octanol–water partition coefficient (Wildman–Crippen LogP) is 2.02. The van der Waals surface area contributed by atoms with E-state index in [2.05, 4.69) is 22.8 Å². The van der Waals surface area contributed by atoms with Gasteiger partial charge in [-0.05, 0) is 47.2 Å². The van der Waals surface area contributed by atoms with Crippen LogP contribution < -0.4 is 20.1 Å². The smallest absolute Gasteiger partial charge is 0.161 e. The number of rotatable bonds is 3. The maximum absolute atomic E-state index is 5.33. The van der Waals surface area contributed by atoms with Crippen LogP contribution in [0.25, 0.3) is 5.57 Å². The van der Waals surface area contributed by atoms with Crippen LogP contribution in [0.4, 0.5) is 0 Å². The molecule has 0 aromatic heterocycles. The van der Waals surface area contributed by atoms with E-state index < -0.39 is 0 Å². The number of nitrogens with one attached hydrogen (secondary N) is 2. The molecule has 4 heteroatoms. The van der Waals surface area contributed by atoms with Gasteiger partial charge in [-0.25, -0.2) is 0 Å². The normalized spacial score (nSPS) is 19.8. The lowest BCUT2D eigenvalue weighted by molar-refractivity contribution is 0.355. The van der Waals surface area contributed by atoms with Crippen molar-refractivity contribution in [1.82, 2.24) is 10.6 Å². The molecule has 0 fully saturated rings. The third-order valence-electron chi connectivity index (χ3n) is 3.32. The zero-order valence-corrected chi connectivity index (χ0v) is 10.9. The van der Waals surface area contributed by atoms with Crippen LogP contribution in [-0.4, -0.2) is 20.4 Å². The molecule has 1 aromatic rings. The number of allylic oxidation sites excluding steroid dienone is 2. The van der Waals surface area contributed by atoms with Crippen molar-refractivity contribution in [2.24, 2.45) is 0 Å². The summed E-state index contributed by atoms with van der Waals surface area (Å²) in [6.45, 7) is 0. The zero-order chi connectivity index (χ0) is 13.2. The summed E-state index contributed by atoms with van der Waals surface area (Å²) in [5, 5.41) is 6.54. The van der Waals surface area contributed by atoms with Crippen LogP contribution in [-0.2, 0) is 0 Å². The Morgan fingerprint density at radius 3 is 2.68 bits per heavy atom. The molecule has 98 valence electrons. The van der Waals surface area contributed by atoms with E-state index in [1.54, 1.807) is 14.2 Å². The SMILES string of the molecule is COc1ccc(C2=CNC3NC=CC3=C2)cc1OC. The third-order valence-corrected chi connectivity index (χ3v) is 3.32. The molecule has 0 saturated carbocycles. The largest absolute Gasteiger partial charge is 0.493 e. The first kappa shape index (κ1) is 11.7. The van der Waals surface area contributed by atoms with Crippen molar-refractivity contribution >= 4 is 5.57 Å². The van der Waals surface area contributed by atoms with E-state index >= 15 is 0 Å². The summed E-state index contributed by atoms with van der Waals surface area (Å²) in [4.78, 5) is 0. The Balaban J connectivity index is 1.95. The summed E-state index contributed by atoms with van der Waals surface area (Å²) >= 11 is 0. The van der Waals surface area contributed by atoms with E-state index in [0.717, 1.165) is 22.6 Å². The van der Waals surface area contributed by atoms with Gasteiger partial charge in [-0.15, -0.1) is 0 Å². The van der Waals surface area contributed by atoms with Gasteiger partial charge in [0, 0.05) is 6.20 Å². The van der Waals surface area contributed by atoms with Gasteiger partial charge in [-0.1, -0.05) is 6.07 Å². The summed E-state index contributed by atoms with van der Waals surface area (Å²) in [6.07, 6.45) is 8.40. The highest BCUT2D eigenvalue weighted by molar-refractivity contribution is 5.78. The minimum atomic E-state index is 0.198. The second-order valence-corrected chi connectivity index (χ2v) is 4.41. The number of hydrogen-bond donors (Lipinski definition) is 2. The Kier molecular flexibility index (Phi) is 2.91. The Morgan fingerprint density at radius 1 is 1.05 bits per heavy atom. The monoisotopic (exact) mass is 256 g/mol. The first-order valence-electron chi connectivity index (χ1n) is 6.14. The molecule has 0 aliphatic carbocycles. The maximum atomic E-state index is 5.33. The summed E-state index contributed by atoms with van der Waals surface area (Å²) in [5.41, 5.74) is 3.45. The van der Waals surface area contributed by atoms with Crippen molar-refractivity contribution in [1.29, 1.82) is 0 Å². The average molecular weight is 256 g/mol. The lowest BCUT2D eigenvalue weighted by Gasteiger charge is -2.20. The summed E-state index contributed by atoms with van der Waals surface area (Å²) in [6, 6.07) is 5.93. The molecule has 0 radical (unpaired) electrons. The third kappa shape index (κ3) is 2.05. The number of methoxy groups -OCH3 is 2. The van der Waals surface area contributed by atoms with Crippen molar-refractivity contribution in [3.05, 3.63) is 53.9 Å². The molecule has 0 amide bonds. The summed E-state index contributed by atoms with van der Waals surface area (Å²) in [5.74, 6) is 1.48. The van der Waals surface area contributed by atoms with Crippen molar-refractivity contribution in [3.8, 4) is 11.5 Å². The minimum absolute atomic E-state index is 0.198. The first-order chi connectivity index (χ1) is 9.31. The molecule has 0 saturated heterocycles. The van der Waals surface area contributed by atoms with E-state index in [1.807, 2.05) is 30.6 Å². The topological polar surface area (TPSA) is 42.5 Å². The van der Waals surface area contributed by atoms with Gasteiger partial charge in [0.05, 0.1) is 14.2 Å². The molecule has 2 aliphatic rings. The van der Waals surface area contributed by atoms with E-state index in [4.69, 9.17) is 9.47 Å². The van der Waals surface area contributed by atoms with Gasteiger partial charge in [0.15, 0.2) is 11.5 Å². The van der Waals surface area contributed by atoms with E-state index in [-0.39, 0.29) is 6.17 Å². The second-order valence-electron chi connectivity index (χ2n) is 4.41. The Labute approximate surface area is 112 Å². The molecule has 2 heterocycles. The van der Waals surface area contributed by atoms with Gasteiger partial charge in [-0.3, -0.25) is 0 Å². The van der Waals surface area contributed by atoms with Crippen LogP contribution in [0.2, 0.25) is 0 Å². The van der Waals surface area contributed by atoms with Crippen LogP contribution in [0.3, 0.4) is 0 Å². The molecule has 3 rings (SSSR count). The van der Waals surface area contributed by atoms with E-state index in [0.29, 0.717) is 0 Å². The predicted molar refractivity (Wildman–Crippen MR) is 74.8 cm³/mol. The van der Waals surface area contributed by atoms with Gasteiger partial charge in [-0.2, -0.15) is 0 Å². The van der Waals surface area contributed by atoms with Crippen molar-refractivity contribution in [2.75, 3.05) is 14.2 Å². The Bertz CT molecular complexity index is 588. The number of benzene rings is 1. The Hall–Kier alpha value is -2.36. The number of fused-ring (bicyclic) bond motifs is 1. The van der Waals surface area contributed by atoms with Crippen molar-refractivity contribution in [3.63, 3.8) is 0 Å². The molecule has 4 nitrogen and oxygen atoms in total. The number of hydrogen-bond acceptors (Lipinski definition) is 4. The zero-order valence-electron chi connectivity index (χ0n) is 10.9. The average Bonchev–Trinajstić information content (AvgIpc) is 2.93. The van der Waals surface area contributed by atoms with Crippen molar-refractivity contribution in [2.45, 2.75) is 6.17 Å². The van der Waals surface area contributed by atoms with Crippen LogP contribution in [0.1, 0.15) is 5.56 Å². The maximum Gasteiger partial charge on any atom is 0.161 e. The molecular weight excluding hydrogens is 240 g/mol. The molecule has 1 aromatic carbocycles. The Morgan fingerprint density at radius 2 is 1.89 bits per heavy atom. The number of ether oxygens (including phenoxy) is 2. The highest BCUT2D eigenvalue weighted by atomic mass is 16.5. The lowest BCUT2D eigenvalue weighted by atomic mass is 10.0. The van der Waals surface area contributed by atoms with Crippen LogP contribution in [0, 0.1) is 0 Å². The summed E-state index contributed by atoms with van der Waals surface area (Å²) in [7, 11) is 3.29. The van der Waals surface area contributed by atoms with Crippen LogP contribution in [0.15, 0.2) is 48.3 Å². The highest BCUT2D eigenvalue weighted by Crippen LogP contribution is 2.32. The lowest BCUT2D eigenvalue weighted by Crippen LogP contribution is -2.36. The first-order valence-corrected chi connectivity index (χ1v) is 6.14. The van der Waals surface area contributed by atoms with Crippen molar-refractivity contribution < 1.29 is 9.47 Å². The fourth-order valence-electron chi connectivity index (χ4n) is 2.29. The van der Waals surface area contributed by atoms with Crippen LogP contribution >= 0.6 is 0 Å². The van der Waals surface area contributed by atoms with E-state index in [1.165, 1.54) is 5.57 Å². The quantitative estimate of drug-likeness (QED) is 0.868. The number of dihydropyridines is 1. The van der Waals surface area contributed by atoms with Gasteiger partial charge in [0.25, 0.3) is 0 Å². The highest BCUT2D eigenvalue weighted by Gasteiger charge is 2.18. The van der Waals surface area contributed by atoms with Gasteiger partial charge in [0.2, 0.25) is 0 Å². The molecule has 0 bridgehead atoms. The van der Waals surface area contributed by atoms with Gasteiger partial charge in [0.1, 0.15) is 6.17 Å². The molecule has 1 unspecified atom stereocenters. The molecule has 2 N–H and O–H groups in total. The summed E-state index contributed by atoms with van der Waals surface area (Å²) < 4.78 is 10.6. The molecule has 19 heavy (non-hydrogen) atoms. The van der Waals surface area contributed by atoms with Gasteiger partial charge >= 0.3 is 0 Å². The minimum Gasteiger partial charge on any atom is -0.493 e. The standard InChI is InChI=1S/C15H16N2O2/c1-18-13-4-3-10(8-14(13)19-2)12-7-11-5-6-16-15(11)17-9-12/h3-9,15-17H,1-2H3.